The lowest BCUT2D eigenvalue weighted by molar-refractivity contribution is 0.417. The Bertz CT molecular complexity index is 1300. The van der Waals surface area contributed by atoms with E-state index in [1.165, 1.54) is 11.1 Å². The molecule has 0 amide bonds. The van der Waals surface area contributed by atoms with Crippen molar-refractivity contribution in [3.63, 3.8) is 0 Å². The molecule has 5 heteroatoms. The van der Waals surface area contributed by atoms with Gasteiger partial charge in [-0.2, -0.15) is 0 Å². The predicted octanol–water partition coefficient (Wildman–Crippen LogP) is 7.18. The van der Waals surface area contributed by atoms with E-state index >= 15 is 0 Å². The Morgan fingerprint density at radius 3 is 2.00 bits per heavy atom. The molecule has 0 radical (unpaired) electrons. The first-order valence-electron chi connectivity index (χ1n) is 13.2. The average molecular weight is 515 g/mol. The zero-order valence-corrected chi connectivity index (χ0v) is 22.7. The highest BCUT2D eigenvalue weighted by molar-refractivity contribution is 7.89. The molecular weight excluding hydrogens is 476 g/mol. The van der Waals surface area contributed by atoms with Crippen molar-refractivity contribution in [3.05, 3.63) is 125 Å². The number of aryl methyl sites for hydroxylation is 1. The smallest absolute Gasteiger partial charge is 0.241 e. The van der Waals surface area contributed by atoms with Gasteiger partial charge in [0.25, 0.3) is 0 Å². The molecular formula is C32H38N2O2S. The van der Waals surface area contributed by atoms with Gasteiger partial charge >= 0.3 is 0 Å². The summed E-state index contributed by atoms with van der Waals surface area (Å²) in [4.78, 5) is 0.274. The van der Waals surface area contributed by atoms with Crippen LogP contribution >= 0.6 is 0 Å². The number of sulfonamides is 1. The number of hydrogen-bond donors (Lipinski definition) is 2. The van der Waals surface area contributed by atoms with Gasteiger partial charge in [0.15, 0.2) is 0 Å². The van der Waals surface area contributed by atoms with E-state index in [-0.39, 0.29) is 10.9 Å². The fourth-order valence-corrected chi connectivity index (χ4v) is 6.12. The van der Waals surface area contributed by atoms with Crippen LogP contribution in [0.3, 0.4) is 0 Å². The van der Waals surface area contributed by atoms with Gasteiger partial charge in [0.1, 0.15) is 0 Å². The monoisotopic (exact) mass is 514 g/mol. The number of allylic oxidation sites excluding steroid dienone is 4. The van der Waals surface area contributed by atoms with Crippen LogP contribution in [-0.4, -0.2) is 15.0 Å². The largest absolute Gasteiger partial charge is 0.308 e. The maximum Gasteiger partial charge on any atom is 0.241 e. The van der Waals surface area contributed by atoms with E-state index in [1.54, 1.807) is 12.1 Å². The molecule has 0 aromatic heterocycles. The molecule has 0 unspecified atom stereocenters. The molecule has 37 heavy (non-hydrogen) atoms. The highest BCUT2D eigenvalue weighted by Gasteiger charge is 2.29. The summed E-state index contributed by atoms with van der Waals surface area (Å²) in [6, 6.07) is 26.3. The Kier molecular flexibility index (Phi) is 9.51. The Morgan fingerprint density at radius 2 is 1.38 bits per heavy atom. The van der Waals surface area contributed by atoms with Gasteiger partial charge in [-0.1, -0.05) is 102 Å². The third kappa shape index (κ3) is 7.75. The van der Waals surface area contributed by atoms with Crippen LogP contribution in [0.2, 0.25) is 0 Å². The first kappa shape index (κ1) is 27.1. The van der Waals surface area contributed by atoms with Crippen molar-refractivity contribution >= 4 is 10.0 Å². The summed E-state index contributed by atoms with van der Waals surface area (Å²) < 4.78 is 30.0. The molecule has 4 rings (SSSR count). The summed E-state index contributed by atoms with van der Waals surface area (Å²) in [5, 5.41) is 3.71. The zero-order chi connectivity index (χ0) is 26.1. The van der Waals surface area contributed by atoms with Crippen LogP contribution in [0, 0.1) is 6.92 Å². The number of benzene rings is 3. The Morgan fingerprint density at radius 1 is 0.757 bits per heavy atom. The maximum absolute atomic E-state index is 13.5. The van der Waals surface area contributed by atoms with Crippen LogP contribution in [0.1, 0.15) is 67.8 Å². The van der Waals surface area contributed by atoms with E-state index in [0.717, 1.165) is 55.3 Å². The van der Waals surface area contributed by atoms with Crippen LogP contribution in [0.5, 0.6) is 0 Å². The van der Waals surface area contributed by atoms with Crippen molar-refractivity contribution in [3.8, 4) is 0 Å². The molecule has 3 aromatic carbocycles. The summed E-state index contributed by atoms with van der Waals surface area (Å²) >= 11 is 0. The minimum absolute atomic E-state index is 0.220. The summed E-state index contributed by atoms with van der Waals surface area (Å²) in [6.07, 6.45) is 10.1. The zero-order valence-electron chi connectivity index (χ0n) is 21.9. The van der Waals surface area contributed by atoms with Crippen LogP contribution in [0.25, 0.3) is 0 Å². The van der Waals surface area contributed by atoms with E-state index in [0.29, 0.717) is 0 Å². The van der Waals surface area contributed by atoms with Crippen molar-refractivity contribution < 1.29 is 8.42 Å². The van der Waals surface area contributed by atoms with Crippen molar-refractivity contribution in [1.82, 2.24) is 10.0 Å². The van der Waals surface area contributed by atoms with Gasteiger partial charge in [0, 0.05) is 0 Å². The molecule has 0 aliphatic heterocycles. The molecule has 2 N–H and O–H groups in total. The van der Waals surface area contributed by atoms with E-state index in [4.69, 9.17) is 0 Å². The van der Waals surface area contributed by atoms with E-state index in [9.17, 15) is 8.42 Å². The van der Waals surface area contributed by atoms with E-state index in [1.807, 2.05) is 67.6 Å². The third-order valence-electron chi connectivity index (χ3n) is 6.93. The summed E-state index contributed by atoms with van der Waals surface area (Å²) in [6.45, 7) is 4.96. The lowest BCUT2D eigenvalue weighted by atomic mass is 9.93. The summed E-state index contributed by atoms with van der Waals surface area (Å²) in [7, 11) is -3.74. The minimum Gasteiger partial charge on any atom is -0.308 e. The molecule has 1 aliphatic carbocycles. The summed E-state index contributed by atoms with van der Waals surface area (Å²) in [5.74, 6) is 0. The van der Waals surface area contributed by atoms with Gasteiger partial charge in [0.2, 0.25) is 10.0 Å². The topological polar surface area (TPSA) is 58.2 Å². The van der Waals surface area contributed by atoms with E-state index in [2.05, 4.69) is 41.2 Å². The molecule has 0 bridgehead atoms. The molecule has 3 aromatic rings. The Labute approximate surface area is 222 Å². The minimum atomic E-state index is -3.74. The average Bonchev–Trinajstić information content (AvgIpc) is 2.91. The van der Waals surface area contributed by atoms with Crippen LogP contribution in [0.15, 0.2) is 113 Å². The van der Waals surface area contributed by atoms with E-state index < -0.39 is 16.1 Å². The lowest BCUT2D eigenvalue weighted by Crippen LogP contribution is -2.39. The fraction of sp³-hybridized carbons (Fsp3) is 0.312. The SMILES string of the molecule is CC1=CCC=C(CCCCN[C@H](c2ccccc2)[C@@H](NS(=O)(=O)c2ccc(C)cc2)c2ccccc2)C1. The van der Waals surface area contributed by atoms with Crippen molar-refractivity contribution in [2.45, 2.75) is 62.9 Å². The number of nitrogens with one attached hydrogen (secondary N) is 2. The van der Waals surface area contributed by atoms with Gasteiger partial charge in [-0.05, 0) is 75.8 Å². The third-order valence-corrected chi connectivity index (χ3v) is 8.39. The van der Waals surface area contributed by atoms with Crippen molar-refractivity contribution in [2.75, 3.05) is 6.54 Å². The molecule has 0 spiro atoms. The molecule has 2 atom stereocenters. The van der Waals surface area contributed by atoms with Gasteiger partial charge in [0.05, 0.1) is 17.0 Å². The van der Waals surface area contributed by atoms with Crippen LogP contribution < -0.4 is 10.0 Å². The number of rotatable bonds is 12. The molecule has 0 saturated heterocycles. The molecule has 1 aliphatic rings. The predicted molar refractivity (Wildman–Crippen MR) is 153 cm³/mol. The Hall–Kier alpha value is -2.99. The Balaban J connectivity index is 1.53. The second-order valence-electron chi connectivity index (χ2n) is 9.95. The van der Waals surface area contributed by atoms with Crippen molar-refractivity contribution in [2.24, 2.45) is 0 Å². The highest BCUT2D eigenvalue weighted by Crippen LogP contribution is 2.31. The normalized spacial score (nSPS) is 15.5. The van der Waals surface area contributed by atoms with Crippen LogP contribution in [-0.2, 0) is 10.0 Å². The van der Waals surface area contributed by atoms with Crippen LogP contribution in [0.4, 0.5) is 0 Å². The maximum atomic E-state index is 13.5. The molecule has 4 nitrogen and oxygen atoms in total. The second-order valence-corrected chi connectivity index (χ2v) is 11.7. The molecule has 194 valence electrons. The summed E-state index contributed by atoms with van der Waals surface area (Å²) in [5.41, 5.74) is 6.00. The quantitative estimate of drug-likeness (QED) is 0.199. The van der Waals surface area contributed by atoms with Gasteiger partial charge in [-0.25, -0.2) is 13.1 Å². The number of unbranched alkanes of at least 4 members (excludes halogenated alkanes) is 1. The first-order valence-corrected chi connectivity index (χ1v) is 14.7. The van der Waals surface area contributed by atoms with Crippen molar-refractivity contribution in [1.29, 1.82) is 0 Å². The lowest BCUT2D eigenvalue weighted by Gasteiger charge is -2.30. The number of hydrogen-bond acceptors (Lipinski definition) is 3. The second kappa shape index (κ2) is 13.0. The first-order chi connectivity index (χ1) is 17.9. The highest BCUT2D eigenvalue weighted by atomic mass is 32.2. The standard InChI is InChI=1S/C32H38N2O2S/c1-25-19-21-30(22-20-25)37(35,36)34-32(29-17-7-4-8-18-29)31(28-15-5-3-6-16-28)33-23-10-9-13-27-14-11-12-26(2)24-27/h3-8,12,14-22,31-34H,9-11,13,23-24H2,1-2H3/t31-,32+/m1/s1. The van der Waals surface area contributed by atoms with Gasteiger partial charge in [-0.3, -0.25) is 0 Å². The molecule has 0 fully saturated rings. The molecule has 0 heterocycles. The van der Waals surface area contributed by atoms with Gasteiger partial charge in [-0.15, -0.1) is 0 Å². The molecule has 0 saturated carbocycles. The fourth-order valence-electron chi connectivity index (χ4n) is 4.88. The van der Waals surface area contributed by atoms with Gasteiger partial charge < -0.3 is 5.32 Å².